The molecule has 7 nitrogen and oxygen atoms in total. The van der Waals surface area contributed by atoms with Crippen molar-refractivity contribution in [1.82, 2.24) is 4.90 Å². The maximum absolute atomic E-state index is 13.0. The lowest BCUT2D eigenvalue weighted by Gasteiger charge is -2.36. The highest BCUT2D eigenvalue weighted by atomic mass is 35.5. The van der Waals surface area contributed by atoms with Gasteiger partial charge in [-0.25, -0.2) is 5.01 Å². The molecule has 1 saturated heterocycles. The summed E-state index contributed by atoms with van der Waals surface area (Å²) in [6.45, 7) is 2.66. The minimum Gasteiger partial charge on any atom is -0.497 e. The maximum atomic E-state index is 13.0. The van der Waals surface area contributed by atoms with Crippen LogP contribution in [0.15, 0.2) is 53.6 Å². The highest BCUT2D eigenvalue weighted by molar-refractivity contribution is 6.40. The van der Waals surface area contributed by atoms with Gasteiger partial charge in [0.05, 0.1) is 12.8 Å². The van der Waals surface area contributed by atoms with Crippen LogP contribution >= 0.6 is 11.6 Å². The van der Waals surface area contributed by atoms with Gasteiger partial charge >= 0.3 is 0 Å². The standard InChI is InChI=1S/C22H23ClN4O3/c1-30-19-4-2-3-18(15-19)25-11-13-26(14-12-25)22(29)20-9-10-21(28)27(24-20)17-7-5-16(23)6-8-17/h2-8,15H,9-14H2,1H3. The number of hydrogen-bond donors (Lipinski definition) is 0. The molecule has 0 aliphatic carbocycles. The van der Waals surface area contributed by atoms with Gasteiger partial charge in [0, 0.05) is 55.8 Å². The van der Waals surface area contributed by atoms with Crippen LogP contribution in [-0.4, -0.2) is 55.7 Å². The van der Waals surface area contributed by atoms with Crippen molar-refractivity contribution < 1.29 is 14.3 Å². The van der Waals surface area contributed by atoms with Crippen molar-refractivity contribution in [3.63, 3.8) is 0 Å². The van der Waals surface area contributed by atoms with E-state index in [9.17, 15) is 9.59 Å². The van der Waals surface area contributed by atoms with Crippen LogP contribution in [0.5, 0.6) is 5.75 Å². The summed E-state index contributed by atoms with van der Waals surface area (Å²) < 4.78 is 5.30. The summed E-state index contributed by atoms with van der Waals surface area (Å²) >= 11 is 5.93. The number of ether oxygens (including phenoxy) is 1. The molecule has 0 spiro atoms. The van der Waals surface area contributed by atoms with Gasteiger partial charge in [0.2, 0.25) is 5.91 Å². The van der Waals surface area contributed by atoms with Crippen LogP contribution in [-0.2, 0) is 9.59 Å². The van der Waals surface area contributed by atoms with Gasteiger partial charge in [0.1, 0.15) is 11.5 Å². The number of carbonyl (C=O) groups is 2. The Bertz CT molecular complexity index is 969. The second-order valence-corrected chi connectivity index (χ2v) is 7.65. The average Bonchev–Trinajstić information content (AvgIpc) is 2.80. The van der Waals surface area contributed by atoms with E-state index in [1.54, 1.807) is 31.4 Å². The predicted octanol–water partition coefficient (Wildman–Crippen LogP) is 3.18. The van der Waals surface area contributed by atoms with Crippen molar-refractivity contribution in [3.05, 3.63) is 53.6 Å². The number of carbonyl (C=O) groups excluding carboxylic acids is 2. The first kappa shape index (κ1) is 20.2. The molecule has 0 unspecified atom stereocenters. The Morgan fingerprint density at radius 3 is 2.43 bits per heavy atom. The Labute approximate surface area is 180 Å². The largest absolute Gasteiger partial charge is 0.497 e. The monoisotopic (exact) mass is 426 g/mol. The fourth-order valence-corrected chi connectivity index (χ4v) is 3.77. The van der Waals surface area contributed by atoms with Crippen molar-refractivity contribution in [2.75, 3.05) is 43.2 Å². The van der Waals surface area contributed by atoms with E-state index in [4.69, 9.17) is 16.3 Å². The molecule has 0 aromatic heterocycles. The highest BCUT2D eigenvalue weighted by Crippen LogP contribution is 2.24. The number of hydrazone groups is 1. The lowest BCUT2D eigenvalue weighted by atomic mass is 10.1. The van der Waals surface area contributed by atoms with Crippen LogP contribution in [0.4, 0.5) is 11.4 Å². The van der Waals surface area contributed by atoms with E-state index < -0.39 is 0 Å². The van der Waals surface area contributed by atoms with E-state index in [1.807, 2.05) is 29.2 Å². The molecule has 156 valence electrons. The summed E-state index contributed by atoms with van der Waals surface area (Å²) in [6, 6.07) is 14.8. The van der Waals surface area contributed by atoms with Crippen LogP contribution in [0.25, 0.3) is 0 Å². The summed E-state index contributed by atoms with van der Waals surface area (Å²) in [6.07, 6.45) is 0.620. The Balaban J connectivity index is 1.43. The van der Waals surface area contributed by atoms with Gasteiger partial charge in [-0.3, -0.25) is 9.59 Å². The first-order valence-corrected chi connectivity index (χ1v) is 10.3. The molecule has 2 amide bonds. The van der Waals surface area contributed by atoms with E-state index in [0.29, 0.717) is 35.9 Å². The minimum atomic E-state index is -0.128. The molecule has 0 saturated carbocycles. The second kappa shape index (κ2) is 8.75. The van der Waals surface area contributed by atoms with Gasteiger partial charge in [-0.15, -0.1) is 0 Å². The zero-order valence-electron chi connectivity index (χ0n) is 16.8. The molecule has 30 heavy (non-hydrogen) atoms. The van der Waals surface area contributed by atoms with E-state index in [2.05, 4.69) is 10.0 Å². The van der Waals surface area contributed by atoms with Crippen LogP contribution in [0.2, 0.25) is 5.02 Å². The number of hydrogen-bond acceptors (Lipinski definition) is 5. The molecule has 2 heterocycles. The quantitative estimate of drug-likeness (QED) is 0.753. The molecule has 8 heteroatoms. The van der Waals surface area contributed by atoms with Gasteiger partial charge in [-0.05, 0) is 36.4 Å². The first-order valence-electron chi connectivity index (χ1n) is 9.89. The van der Waals surface area contributed by atoms with Crippen LogP contribution < -0.4 is 14.6 Å². The molecular weight excluding hydrogens is 404 g/mol. The maximum Gasteiger partial charge on any atom is 0.270 e. The Morgan fingerprint density at radius 2 is 1.73 bits per heavy atom. The third kappa shape index (κ3) is 4.26. The summed E-state index contributed by atoms with van der Waals surface area (Å²) in [5.74, 6) is 0.581. The molecule has 0 atom stereocenters. The zero-order valence-corrected chi connectivity index (χ0v) is 17.5. The molecule has 2 aliphatic rings. The van der Waals surface area contributed by atoms with E-state index in [-0.39, 0.29) is 18.2 Å². The normalized spacial score (nSPS) is 17.1. The Kier molecular flexibility index (Phi) is 5.90. The molecular formula is C22H23ClN4O3. The molecule has 0 bridgehead atoms. The summed E-state index contributed by atoms with van der Waals surface area (Å²) in [7, 11) is 1.65. The van der Waals surface area contributed by atoms with Crippen LogP contribution in [0.1, 0.15) is 12.8 Å². The molecule has 2 aromatic rings. The third-order valence-corrected chi connectivity index (χ3v) is 5.59. The summed E-state index contributed by atoms with van der Waals surface area (Å²) in [4.78, 5) is 29.4. The molecule has 4 rings (SSSR count). The Morgan fingerprint density at radius 1 is 1.00 bits per heavy atom. The third-order valence-electron chi connectivity index (χ3n) is 5.34. The lowest BCUT2D eigenvalue weighted by Crippen LogP contribution is -2.51. The Hall–Kier alpha value is -3.06. The number of anilines is 2. The van der Waals surface area contributed by atoms with E-state index in [0.717, 1.165) is 24.5 Å². The predicted molar refractivity (Wildman–Crippen MR) is 117 cm³/mol. The molecule has 2 aliphatic heterocycles. The van der Waals surface area contributed by atoms with E-state index >= 15 is 0 Å². The zero-order chi connectivity index (χ0) is 21.1. The van der Waals surface area contributed by atoms with Crippen molar-refractivity contribution >= 4 is 40.5 Å². The summed E-state index contributed by atoms with van der Waals surface area (Å²) in [5.41, 5.74) is 2.10. The lowest BCUT2D eigenvalue weighted by molar-refractivity contribution is -0.124. The van der Waals surface area contributed by atoms with Gasteiger partial charge in [-0.1, -0.05) is 17.7 Å². The molecule has 1 fully saturated rings. The smallest absolute Gasteiger partial charge is 0.270 e. The highest BCUT2D eigenvalue weighted by Gasteiger charge is 2.30. The van der Waals surface area contributed by atoms with Crippen molar-refractivity contribution in [3.8, 4) is 5.75 Å². The fraction of sp³-hybridized carbons (Fsp3) is 0.318. The van der Waals surface area contributed by atoms with Crippen molar-refractivity contribution in [1.29, 1.82) is 0 Å². The first-order chi connectivity index (χ1) is 14.5. The van der Waals surface area contributed by atoms with Crippen molar-refractivity contribution in [2.24, 2.45) is 5.10 Å². The number of piperazine rings is 1. The SMILES string of the molecule is COc1cccc(N2CCN(C(=O)C3=NN(c4ccc(Cl)cc4)C(=O)CC3)CC2)c1. The van der Waals surface area contributed by atoms with E-state index in [1.165, 1.54) is 5.01 Å². The van der Waals surface area contributed by atoms with Crippen LogP contribution in [0, 0.1) is 0 Å². The fourth-order valence-electron chi connectivity index (χ4n) is 3.65. The average molecular weight is 427 g/mol. The number of halogens is 1. The van der Waals surface area contributed by atoms with Gasteiger partial charge in [0.25, 0.3) is 5.91 Å². The molecule has 0 radical (unpaired) electrons. The number of amides is 2. The molecule has 2 aromatic carbocycles. The van der Waals surface area contributed by atoms with Gasteiger partial charge < -0.3 is 14.5 Å². The number of benzene rings is 2. The summed E-state index contributed by atoms with van der Waals surface area (Å²) in [5, 5.41) is 6.26. The van der Waals surface area contributed by atoms with Gasteiger partial charge in [0.15, 0.2) is 0 Å². The number of methoxy groups -OCH3 is 1. The number of rotatable bonds is 4. The second-order valence-electron chi connectivity index (χ2n) is 7.21. The van der Waals surface area contributed by atoms with Crippen LogP contribution in [0.3, 0.4) is 0 Å². The van der Waals surface area contributed by atoms with Crippen molar-refractivity contribution in [2.45, 2.75) is 12.8 Å². The minimum absolute atomic E-state index is 0.105. The van der Waals surface area contributed by atoms with Gasteiger partial charge in [-0.2, -0.15) is 5.10 Å². The molecule has 0 N–H and O–H groups in total. The number of nitrogens with zero attached hydrogens (tertiary/aromatic N) is 4. The topological polar surface area (TPSA) is 65.5 Å².